The molecule has 2 N–H and O–H groups in total. The first kappa shape index (κ1) is 24.1. The minimum absolute atomic E-state index is 0.0327. The molecule has 1 fully saturated rings. The van der Waals surface area contributed by atoms with Crippen LogP contribution in [0.15, 0.2) is 72.1 Å². The highest BCUT2D eigenvalue weighted by atomic mass is 32.2. The van der Waals surface area contributed by atoms with Crippen LogP contribution in [-0.2, 0) is 14.8 Å². The van der Waals surface area contributed by atoms with E-state index in [2.05, 4.69) is 15.6 Å². The van der Waals surface area contributed by atoms with E-state index in [1.807, 2.05) is 42.0 Å². The van der Waals surface area contributed by atoms with Gasteiger partial charge >= 0.3 is 0 Å². The van der Waals surface area contributed by atoms with Crippen LogP contribution in [0.2, 0.25) is 0 Å². The van der Waals surface area contributed by atoms with Crippen LogP contribution in [0.5, 0.6) is 0 Å². The van der Waals surface area contributed by atoms with Crippen LogP contribution in [0.25, 0.3) is 5.69 Å². The molecule has 1 amide bonds. The Hall–Kier alpha value is -3.01. The summed E-state index contributed by atoms with van der Waals surface area (Å²) in [5, 5.41) is 6.18. The van der Waals surface area contributed by atoms with E-state index in [4.69, 9.17) is 0 Å². The maximum absolute atomic E-state index is 12.8. The van der Waals surface area contributed by atoms with Crippen molar-refractivity contribution in [2.75, 3.05) is 18.4 Å². The van der Waals surface area contributed by atoms with E-state index < -0.39 is 16.1 Å². The first-order chi connectivity index (χ1) is 16.3. The summed E-state index contributed by atoms with van der Waals surface area (Å²) in [5.41, 5.74) is 2.65. The highest BCUT2D eigenvalue weighted by Crippen LogP contribution is 2.22. The number of carbonyl (C=O) groups excluding carboxylic acids is 1. The lowest BCUT2D eigenvalue weighted by Gasteiger charge is -2.26. The number of piperidine rings is 1. The molecule has 1 aliphatic heterocycles. The Morgan fingerprint density at radius 1 is 0.971 bits per heavy atom. The smallest absolute Gasteiger partial charge is 0.243 e. The normalized spacial score (nSPS) is 16.6. The first-order valence-corrected chi connectivity index (χ1v) is 13.0. The van der Waals surface area contributed by atoms with E-state index in [0.29, 0.717) is 18.8 Å². The SMILES string of the molecule is C[C@H](N[C@H](C)c1ccc(-n2ccnc2)cc1)C(=O)Nc1ccc(S(=O)(=O)N2CCCCC2)cc1. The number of anilines is 1. The lowest BCUT2D eigenvalue weighted by atomic mass is 10.1. The van der Waals surface area contributed by atoms with Gasteiger partial charge in [0.05, 0.1) is 17.3 Å². The number of aromatic nitrogens is 2. The molecule has 2 aromatic carbocycles. The van der Waals surface area contributed by atoms with Crippen molar-refractivity contribution in [1.29, 1.82) is 0 Å². The monoisotopic (exact) mass is 481 g/mol. The summed E-state index contributed by atoms with van der Waals surface area (Å²) in [6.07, 6.45) is 8.23. The van der Waals surface area contributed by atoms with Gasteiger partial charge in [-0.25, -0.2) is 13.4 Å². The van der Waals surface area contributed by atoms with Crippen LogP contribution in [0.4, 0.5) is 5.69 Å². The van der Waals surface area contributed by atoms with Crippen molar-refractivity contribution in [2.24, 2.45) is 0 Å². The van der Waals surface area contributed by atoms with E-state index in [9.17, 15) is 13.2 Å². The zero-order chi connectivity index (χ0) is 24.1. The molecule has 2 atom stereocenters. The minimum atomic E-state index is -3.48. The molecule has 1 aromatic heterocycles. The molecule has 0 aliphatic carbocycles. The van der Waals surface area contributed by atoms with Crippen molar-refractivity contribution in [3.63, 3.8) is 0 Å². The first-order valence-electron chi connectivity index (χ1n) is 11.6. The second-order valence-electron chi connectivity index (χ2n) is 8.65. The molecular weight excluding hydrogens is 450 g/mol. The van der Waals surface area contributed by atoms with Gasteiger partial charge < -0.3 is 9.88 Å². The van der Waals surface area contributed by atoms with Crippen LogP contribution in [0.3, 0.4) is 0 Å². The predicted molar refractivity (Wildman–Crippen MR) is 132 cm³/mol. The Morgan fingerprint density at radius 3 is 2.26 bits per heavy atom. The molecular formula is C25H31N5O3S. The Kier molecular flexibility index (Phi) is 7.45. The number of nitrogens with zero attached hydrogens (tertiary/aromatic N) is 3. The van der Waals surface area contributed by atoms with Crippen LogP contribution in [0.1, 0.15) is 44.7 Å². The molecule has 180 valence electrons. The Labute approximate surface area is 201 Å². The number of amides is 1. The van der Waals surface area contributed by atoms with E-state index in [-0.39, 0.29) is 16.8 Å². The van der Waals surface area contributed by atoms with Gasteiger partial charge in [0.1, 0.15) is 0 Å². The van der Waals surface area contributed by atoms with Crippen molar-refractivity contribution in [3.8, 4) is 5.69 Å². The van der Waals surface area contributed by atoms with Crippen molar-refractivity contribution in [2.45, 2.75) is 50.1 Å². The van der Waals surface area contributed by atoms with Gasteiger partial charge in [-0.05, 0) is 68.7 Å². The third-order valence-corrected chi connectivity index (χ3v) is 8.08. The highest BCUT2D eigenvalue weighted by molar-refractivity contribution is 7.89. The maximum Gasteiger partial charge on any atom is 0.243 e. The summed E-state index contributed by atoms with van der Waals surface area (Å²) in [6, 6.07) is 14.0. The van der Waals surface area contributed by atoms with E-state index in [1.165, 1.54) is 0 Å². The van der Waals surface area contributed by atoms with Crippen molar-refractivity contribution >= 4 is 21.6 Å². The number of hydrogen-bond acceptors (Lipinski definition) is 5. The molecule has 9 heteroatoms. The van der Waals surface area contributed by atoms with Crippen molar-refractivity contribution in [1.82, 2.24) is 19.2 Å². The van der Waals surface area contributed by atoms with E-state index >= 15 is 0 Å². The number of benzene rings is 2. The van der Waals surface area contributed by atoms with Crippen LogP contribution in [0, 0.1) is 0 Å². The van der Waals surface area contributed by atoms with E-state index in [1.54, 1.807) is 48.0 Å². The number of rotatable bonds is 8. The number of carbonyl (C=O) groups is 1. The third-order valence-electron chi connectivity index (χ3n) is 6.16. The zero-order valence-electron chi connectivity index (χ0n) is 19.5. The third kappa shape index (κ3) is 5.55. The van der Waals surface area contributed by atoms with Gasteiger partial charge in [-0.3, -0.25) is 10.1 Å². The number of imidazole rings is 1. The molecule has 34 heavy (non-hydrogen) atoms. The second kappa shape index (κ2) is 10.5. The fourth-order valence-corrected chi connectivity index (χ4v) is 5.63. The molecule has 0 spiro atoms. The molecule has 3 aromatic rings. The average Bonchev–Trinajstić information content (AvgIpc) is 3.40. The summed E-state index contributed by atoms with van der Waals surface area (Å²) >= 11 is 0. The number of nitrogens with one attached hydrogen (secondary N) is 2. The van der Waals surface area contributed by atoms with Crippen molar-refractivity contribution < 1.29 is 13.2 Å². The quantitative estimate of drug-likeness (QED) is 0.511. The van der Waals surface area contributed by atoms with Gasteiger partial charge in [0.25, 0.3) is 0 Å². The molecule has 0 saturated carbocycles. The van der Waals surface area contributed by atoms with Crippen LogP contribution < -0.4 is 10.6 Å². The fraction of sp³-hybridized carbons (Fsp3) is 0.360. The largest absolute Gasteiger partial charge is 0.325 e. The van der Waals surface area contributed by atoms with Crippen LogP contribution in [-0.4, -0.2) is 47.3 Å². The summed E-state index contributed by atoms with van der Waals surface area (Å²) in [7, 11) is -3.48. The topological polar surface area (TPSA) is 96.3 Å². The van der Waals surface area contributed by atoms with Gasteiger partial charge in [-0.15, -0.1) is 0 Å². The molecule has 4 rings (SSSR count). The summed E-state index contributed by atoms with van der Waals surface area (Å²) in [4.78, 5) is 17.0. The lowest BCUT2D eigenvalue weighted by Crippen LogP contribution is -2.39. The highest BCUT2D eigenvalue weighted by Gasteiger charge is 2.26. The number of hydrogen-bond donors (Lipinski definition) is 2. The molecule has 0 radical (unpaired) electrons. The van der Waals surface area contributed by atoms with Crippen LogP contribution >= 0.6 is 0 Å². The molecule has 1 saturated heterocycles. The second-order valence-corrected chi connectivity index (χ2v) is 10.6. The molecule has 2 heterocycles. The van der Waals surface area contributed by atoms with Gasteiger partial charge in [-0.1, -0.05) is 18.6 Å². The summed E-state index contributed by atoms with van der Waals surface area (Å²) in [6.45, 7) is 4.94. The van der Waals surface area contributed by atoms with Gasteiger partial charge in [0, 0.05) is 42.9 Å². The van der Waals surface area contributed by atoms with Gasteiger partial charge in [0.2, 0.25) is 15.9 Å². The fourth-order valence-electron chi connectivity index (χ4n) is 4.11. The Morgan fingerprint density at radius 2 is 1.65 bits per heavy atom. The lowest BCUT2D eigenvalue weighted by molar-refractivity contribution is -0.117. The summed E-state index contributed by atoms with van der Waals surface area (Å²) in [5.74, 6) is -0.187. The van der Waals surface area contributed by atoms with Gasteiger partial charge in [-0.2, -0.15) is 4.31 Å². The van der Waals surface area contributed by atoms with Crippen molar-refractivity contribution in [3.05, 3.63) is 72.8 Å². The Balaban J connectivity index is 1.33. The molecule has 0 bridgehead atoms. The molecule has 1 aliphatic rings. The maximum atomic E-state index is 12.8. The predicted octanol–water partition coefficient (Wildman–Crippen LogP) is 3.72. The minimum Gasteiger partial charge on any atom is -0.325 e. The molecule has 8 nitrogen and oxygen atoms in total. The van der Waals surface area contributed by atoms with Gasteiger partial charge in [0.15, 0.2) is 0 Å². The zero-order valence-corrected chi connectivity index (χ0v) is 20.3. The van der Waals surface area contributed by atoms with E-state index in [0.717, 1.165) is 30.5 Å². The standard InChI is InChI=1S/C25H31N5O3S/c1-19(21-6-10-23(11-7-21)29-17-14-26-18-29)27-20(2)25(31)28-22-8-12-24(13-9-22)34(32,33)30-15-4-3-5-16-30/h6-14,17-20,27H,3-5,15-16H2,1-2H3,(H,28,31)/t19-,20+/m1/s1. The molecule has 0 unspecified atom stereocenters. The number of sulfonamides is 1. The average molecular weight is 482 g/mol. The summed E-state index contributed by atoms with van der Waals surface area (Å²) < 4.78 is 29.1. The Bertz CT molecular complexity index is 1190.